The van der Waals surface area contributed by atoms with Crippen molar-refractivity contribution in [3.05, 3.63) is 138 Å². The van der Waals surface area contributed by atoms with E-state index in [1.807, 2.05) is 66.7 Å². The molecule has 0 heterocycles. The van der Waals surface area contributed by atoms with Gasteiger partial charge in [-0.1, -0.05) is 66.2 Å². The van der Waals surface area contributed by atoms with Gasteiger partial charge in [0, 0.05) is 22.3 Å². The Morgan fingerprint density at radius 2 is 1.03 bits per heavy atom. The predicted molar refractivity (Wildman–Crippen MR) is 147 cm³/mol. The summed E-state index contributed by atoms with van der Waals surface area (Å²) < 4.78 is 54.1. The summed E-state index contributed by atoms with van der Waals surface area (Å²) in [6.45, 7) is 3.75. The molecule has 0 amide bonds. The first kappa shape index (κ1) is 27.3. The van der Waals surface area contributed by atoms with Crippen LogP contribution in [0.4, 0.5) is 17.6 Å². The Bertz CT molecular complexity index is 1510. The maximum absolute atomic E-state index is 13.0. The molecular weight excluding hydrogens is 500 g/mol. The molecule has 4 aromatic carbocycles. The van der Waals surface area contributed by atoms with Crippen molar-refractivity contribution in [2.24, 2.45) is 0 Å². The lowest BCUT2D eigenvalue weighted by molar-refractivity contribution is -0.236. The number of ether oxygens (including phenoxy) is 1. The van der Waals surface area contributed by atoms with E-state index in [1.165, 1.54) is 29.8 Å². The quantitative estimate of drug-likeness (QED) is 0.140. The second-order valence-electron chi connectivity index (χ2n) is 8.68. The van der Waals surface area contributed by atoms with Crippen LogP contribution < -0.4 is 4.74 Å². The number of hydrogen-bond acceptors (Lipinski definition) is 1. The van der Waals surface area contributed by atoms with E-state index in [2.05, 4.69) is 47.1 Å². The molecule has 4 rings (SSSR count). The summed E-state index contributed by atoms with van der Waals surface area (Å²) in [7, 11) is 0. The molecule has 0 aromatic heterocycles. The summed E-state index contributed by atoms with van der Waals surface area (Å²) >= 11 is 0. The lowest BCUT2D eigenvalue weighted by Crippen LogP contribution is -2.29. The lowest BCUT2D eigenvalue weighted by atomic mass is 10.0. The molecule has 4 aromatic rings. The molecule has 1 nitrogen and oxygen atoms in total. The normalized spacial score (nSPS) is 11.4. The van der Waals surface area contributed by atoms with Crippen LogP contribution in [-0.2, 0) is 6.42 Å². The Kier molecular flexibility index (Phi) is 8.87. The molecule has 0 fully saturated rings. The topological polar surface area (TPSA) is 9.23 Å². The standard InChI is InChI=1S/C34H24F4O/c1-2-3-4-25-5-7-26(8-6-25)9-10-27-13-19-30(20-14-27)31-21-15-28(16-22-31)11-12-29-17-23-32(24-18-29)39-33(35)34(36,37)38/h2,5-8,13-24,33H,1,3-4H2. The zero-order valence-corrected chi connectivity index (χ0v) is 20.9. The molecule has 0 N–H and O–H groups in total. The number of halogens is 4. The van der Waals surface area contributed by atoms with Gasteiger partial charge in [-0.3, -0.25) is 0 Å². The largest absolute Gasteiger partial charge is 0.457 e. The van der Waals surface area contributed by atoms with Crippen LogP contribution in [-0.4, -0.2) is 12.5 Å². The minimum Gasteiger partial charge on any atom is -0.452 e. The van der Waals surface area contributed by atoms with Gasteiger partial charge in [0.05, 0.1) is 0 Å². The first-order valence-electron chi connectivity index (χ1n) is 12.2. The average molecular weight is 525 g/mol. The van der Waals surface area contributed by atoms with Crippen molar-refractivity contribution in [1.82, 2.24) is 0 Å². The van der Waals surface area contributed by atoms with Crippen molar-refractivity contribution >= 4 is 0 Å². The number of hydrogen-bond donors (Lipinski definition) is 0. The highest BCUT2D eigenvalue weighted by Crippen LogP contribution is 2.26. The molecule has 5 heteroatoms. The van der Waals surface area contributed by atoms with E-state index in [0.29, 0.717) is 5.56 Å². The van der Waals surface area contributed by atoms with Crippen molar-refractivity contribution in [2.45, 2.75) is 25.4 Å². The van der Waals surface area contributed by atoms with Crippen molar-refractivity contribution in [1.29, 1.82) is 0 Å². The number of rotatable bonds is 6. The third-order valence-corrected chi connectivity index (χ3v) is 5.75. The molecule has 0 spiro atoms. The van der Waals surface area contributed by atoms with Gasteiger partial charge in [0.2, 0.25) is 0 Å². The fourth-order valence-corrected chi connectivity index (χ4v) is 3.61. The van der Waals surface area contributed by atoms with Crippen LogP contribution in [0, 0.1) is 23.7 Å². The molecule has 0 aliphatic rings. The maximum Gasteiger partial charge on any atom is 0.457 e. The summed E-state index contributed by atoms with van der Waals surface area (Å²) in [5.74, 6) is 12.1. The Labute approximate surface area is 225 Å². The highest BCUT2D eigenvalue weighted by Gasteiger charge is 2.42. The smallest absolute Gasteiger partial charge is 0.452 e. The van der Waals surface area contributed by atoms with E-state index >= 15 is 0 Å². The SMILES string of the molecule is C=CCCc1ccc(C#Cc2ccc(-c3ccc(C#Cc4ccc(OC(F)C(F)(F)F)cc4)cc3)cc2)cc1. The maximum atomic E-state index is 13.0. The van der Waals surface area contributed by atoms with E-state index < -0.39 is 12.5 Å². The highest BCUT2D eigenvalue weighted by atomic mass is 19.4. The zero-order chi connectivity index (χ0) is 27.7. The summed E-state index contributed by atoms with van der Waals surface area (Å²) in [5.41, 5.74) is 6.58. The Morgan fingerprint density at radius 3 is 1.41 bits per heavy atom. The van der Waals surface area contributed by atoms with Gasteiger partial charge in [0.25, 0.3) is 0 Å². The van der Waals surface area contributed by atoms with Crippen LogP contribution in [0.1, 0.15) is 34.2 Å². The fraction of sp³-hybridized carbons (Fsp3) is 0.118. The summed E-state index contributed by atoms with van der Waals surface area (Å²) in [6.07, 6.45) is -4.58. The van der Waals surface area contributed by atoms with E-state index in [9.17, 15) is 17.6 Å². The van der Waals surface area contributed by atoms with Crippen molar-refractivity contribution < 1.29 is 22.3 Å². The van der Waals surface area contributed by atoms with Gasteiger partial charge in [-0.05, 0) is 90.2 Å². The Hall–Kier alpha value is -4.74. The minimum atomic E-state index is -5.07. The van der Waals surface area contributed by atoms with E-state index in [4.69, 9.17) is 0 Å². The molecule has 0 saturated carbocycles. The second kappa shape index (κ2) is 12.7. The number of benzene rings is 4. The van der Waals surface area contributed by atoms with Gasteiger partial charge < -0.3 is 4.74 Å². The van der Waals surface area contributed by atoms with Crippen LogP contribution >= 0.6 is 0 Å². The van der Waals surface area contributed by atoms with Crippen LogP contribution in [0.25, 0.3) is 11.1 Å². The Morgan fingerprint density at radius 1 is 0.641 bits per heavy atom. The zero-order valence-electron chi connectivity index (χ0n) is 20.9. The molecular formula is C34H24F4O. The van der Waals surface area contributed by atoms with Gasteiger partial charge in [-0.25, -0.2) is 0 Å². The second-order valence-corrected chi connectivity index (χ2v) is 8.68. The highest BCUT2D eigenvalue weighted by molar-refractivity contribution is 5.65. The molecule has 1 atom stereocenters. The van der Waals surface area contributed by atoms with Crippen molar-refractivity contribution in [3.8, 4) is 40.6 Å². The summed E-state index contributed by atoms with van der Waals surface area (Å²) in [5, 5.41) is 0. The minimum absolute atomic E-state index is 0.222. The van der Waals surface area contributed by atoms with Gasteiger partial charge in [0.15, 0.2) is 0 Å². The van der Waals surface area contributed by atoms with Crippen molar-refractivity contribution in [3.63, 3.8) is 0 Å². The van der Waals surface area contributed by atoms with E-state index in [0.717, 1.165) is 40.7 Å². The molecule has 39 heavy (non-hydrogen) atoms. The van der Waals surface area contributed by atoms with Crippen LogP contribution in [0.5, 0.6) is 5.75 Å². The fourth-order valence-electron chi connectivity index (χ4n) is 3.61. The number of allylic oxidation sites excluding steroid dienone is 1. The van der Waals surface area contributed by atoms with Gasteiger partial charge in [-0.15, -0.1) is 6.58 Å². The van der Waals surface area contributed by atoms with Gasteiger partial charge in [-0.2, -0.15) is 17.6 Å². The predicted octanol–water partition coefficient (Wildman–Crippen LogP) is 8.51. The number of aryl methyl sites for hydroxylation is 1. The Balaban J connectivity index is 1.36. The van der Waals surface area contributed by atoms with Crippen LogP contribution in [0.15, 0.2) is 110 Å². The first-order valence-corrected chi connectivity index (χ1v) is 12.2. The van der Waals surface area contributed by atoms with Gasteiger partial charge in [0.1, 0.15) is 5.75 Å². The molecule has 0 aliphatic carbocycles. The summed E-state index contributed by atoms with van der Waals surface area (Å²) in [4.78, 5) is 0. The third-order valence-electron chi connectivity index (χ3n) is 5.75. The van der Waals surface area contributed by atoms with Gasteiger partial charge >= 0.3 is 12.5 Å². The van der Waals surface area contributed by atoms with Crippen LogP contribution in [0.2, 0.25) is 0 Å². The molecule has 194 valence electrons. The van der Waals surface area contributed by atoms with E-state index in [-0.39, 0.29) is 5.75 Å². The van der Waals surface area contributed by atoms with Crippen molar-refractivity contribution in [2.75, 3.05) is 0 Å². The monoisotopic (exact) mass is 524 g/mol. The molecule has 1 unspecified atom stereocenters. The molecule has 0 bridgehead atoms. The molecule has 0 radical (unpaired) electrons. The van der Waals surface area contributed by atoms with Crippen LogP contribution in [0.3, 0.4) is 0 Å². The first-order chi connectivity index (χ1) is 18.8. The molecule has 0 saturated heterocycles. The average Bonchev–Trinajstić information content (AvgIpc) is 2.95. The molecule has 0 aliphatic heterocycles. The summed E-state index contributed by atoms with van der Waals surface area (Å²) in [6, 6.07) is 29.5. The number of alkyl halides is 4. The lowest BCUT2D eigenvalue weighted by Gasteiger charge is -2.13. The van der Waals surface area contributed by atoms with E-state index in [1.54, 1.807) is 0 Å². The third kappa shape index (κ3) is 8.12.